The number of nitrogens with one attached hydrogen (secondary N) is 1. The summed E-state index contributed by atoms with van der Waals surface area (Å²) in [4.78, 5) is 21.1. The smallest absolute Gasteiger partial charge is 0.221 e. The van der Waals surface area contributed by atoms with Crippen LogP contribution in [0.2, 0.25) is 0 Å². The van der Waals surface area contributed by atoms with Crippen molar-refractivity contribution in [2.24, 2.45) is 0 Å². The van der Waals surface area contributed by atoms with Crippen LogP contribution < -0.4 is 5.32 Å². The molecule has 16 heavy (non-hydrogen) atoms. The highest BCUT2D eigenvalue weighted by Gasteiger charge is 2.21. The Balaban J connectivity index is 4.30. The highest BCUT2D eigenvalue weighted by molar-refractivity contribution is 5.74. The second-order valence-electron chi connectivity index (χ2n) is 4.11. The number of amides is 1. The fraction of sp³-hybridized carbons (Fsp3) is 0.667. The third kappa shape index (κ3) is 6.22. The van der Waals surface area contributed by atoms with Crippen molar-refractivity contribution in [1.82, 2.24) is 5.32 Å². The molecule has 0 aliphatic heterocycles. The Kier molecular flexibility index (Phi) is 6.46. The van der Waals surface area contributed by atoms with Gasteiger partial charge in [0.25, 0.3) is 0 Å². The molecule has 1 unspecified atom stereocenters. The number of hydrogen-bond acceptors (Lipinski definition) is 3. The number of carbonyl (C=O) groups is 2. The third-order valence-electron chi connectivity index (χ3n) is 2.43. The first-order chi connectivity index (χ1) is 7.43. The number of carbonyl (C=O) groups excluding carboxylic acids is 2. The van der Waals surface area contributed by atoms with Crippen molar-refractivity contribution in [3.8, 4) is 0 Å². The lowest BCUT2D eigenvalue weighted by Crippen LogP contribution is -2.27. The lowest BCUT2D eigenvalue weighted by atomic mass is 9.97. The lowest BCUT2D eigenvalue weighted by molar-refractivity contribution is -0.118. The van der Waals surface area contributed by atoms with Crippen LogP contribution in [0.3, 0.4) is 0 Å². The molecule has 0 radical (unpaired) electrons. The molecule has 1 amide bonds. The van der Waals surface area contributed by atoms with Crippen molar-refractivity contribution in [3.05, 3.63) is 12.0 Å². The first-order valence-electron chi connectivity index (χ1n) is 5.49. The molecule has 0 saturated carbocycles. The van der Waals surface area contributed by atoms with Crippen molar-refractivity contribution in [1.29, 1.82) is 0 Å². The van der Waals surface area contributed by atoms with Gasteiger partial charge >= 0.3 is 0 Å². The van der Waals surface area contributed by atoms with E-state index in [2.05, 4.69) is 5.32 Å². The van der Waals surface area contributed by atoms with Crippen LogP contribution in [-0.2, 0) is 14.3 Å². The standard InChI is InChI=1S/C12H21NO3/c1-5-12(4,7-6-8-14)16-9-10(2)13-11(3)15/h8-9H,5-7H2,1-4H3,(H,13,15)/b10-9+. The van der Waals surface area contributed by atoms with Gasteiger partial charge in [-0.25, -0.2) is 0 Å². The zero-order chi connectivity index (χ0) is 12.6. The molecule has 0 aliphatic rings. The maximum Gasteiger partial charge on any atom is 0.221 e. The van der Waals surface area contributed by atoms with Gasteiger partial charge in [-0.1, -0.05) is 6.92 Å². The Morgan fingerprint density at radius 1 is 1.44 bits per heavy atom. The summed E-state index contributed by atoms with van der Waals surface area (Å²) in [5.41, 5.74) is 0.318. The van der Waals surface area contributed by atoms with E-state index in [-0.39, 0.29) is 11.5 Å². The first kappa shape index (κ1) is 14.7. The Labute approximate surface area is 97.1 Å². The summed E-state index contributed by atoms with van der Waals surface area (Å²) in [5, 5.41) is 2.62. The van der Waals surface area contributed by atoms with E-state index in [9.17, 15) is 9.59 Å². The van der Waals surface area contributed by atoms with Crippen LogP contribution in [0.5, 0.6) is 0 Å². The molecule has 0 spiro atoms. The van der Waals surface area contributed by atoms with Gasteiger partial charge in [-0.15, -0.1) is 0 Å². The van der Waals surface area contributed by atoms with Gasteiger partial charge in [0.2, 0.25) is 5.91 Å². The molecule has 0 rings (SSSR count). The summed E-state index contributed by atoms with van der Waals surface area (Å²) in [7, 11) is 0. The zero-order valence-electron chi connectivity index (χ0n) is 10.5. The summed E-state index contributed by atoms with van der Waals surface area (Å²) in [6, 6.07) is 0. The molecule has 0 fully saturated rings. The average Bonchev–Trinajstić information content (AvgIpc) is 2.23. The molecule has 0 aromatic rings. The second-order valence-corrected chi connectivity index (χ2v) is 4.11. The minimum absolute atomic E-state index is 0.122. The largest absolute Gasteiger partial charge is 0.493 e. The fourth-order valence-corrected chi connectivity index (χ4v) is 1.22. The lowest BCUT2D eigenvalue weighted by Gasteiger charge is -2.27. The first-order valence-corrected chi connectivity index (χ1v) is 5.49. The van der Waals surface area contributed by atoms with Gasteiger partial charge in [0.1, 0.15) is 18.1 Å². The molecule has 0 heterocycles. The third-order valence-corrected chi connectivity index (χ3v) is 2.43. The van der Waals surface area contributed by atoms with E-state index in [0.717, 1.165) is 12.7 Å². The summed E-state index contributed by atoms with van der Waals surface area (Å²) < 4.78 is 5.61. The monoisotopic (exact) mass is 227 g/mol. The maximum atomic E-state index is 10.8. The molecule has 4 nitrogen and oxygen atoms in total. The Bertz CT molecular complexity index is 273. The van der Waals surface area contributed by atoms with Crippen LogP contribution in [0.1, 0.15) is 47.0 Å². The molecule has 92 valence electrons. The summed E-state index contributed by atoms with van der Waals surface area (Å²) in [6.45, 7) is 7.17. The van der Waals surface area contributed by atoms with Crippen LogP contribution in [0.4, 0.5) is 0 Å². The number of rotatable bonds is 7. The summed E-state index contributed by atoms with van der Waals surface area (Å²) in [5.74, 6) is -0.122. The van der Waals surface area contributed by atoms with E-state index in [1.165, 1.54) is 13.2 Å². The van der Waals surface area contributed by atoms with E-state index in [1.54, 1.807) is 6.92 Å². The highest BCUT2D eigenvalue weighted by Crippen LogP contribution is 2.21. The van der Waals surface area contributed by atoms with Crippen LogP contribution in [0, 0.1) is 0 Å². The average molecular weight is 227 g/mol. The van der Waals surface area contributed by atoms with Crippen LogP contribution in [-0.4, -0.2) is 17.8 Å². The van der Waals surface area contributed by atoms with Crippen molar-refractivity contribution >= 4 is 12.2 Å². The number of hydrogen-bond donors (Lipinski definition) is 1. The predicted molar refractivity (Wildman–Crippen MR) is 62.7 cm³/mol. The van der Waals surface area contributed by atoms with Gasteiger partial charge in [0.05, 0.1) is 0 Å². The second kappa shape index (κ2) is 7.04. The molecule has 1 atom stereocenters. The SMILES string of the molecule is CCC(C)(CCC=O)O/C=C(\C)NC(C)=O. The molecular weight excluding hydrogens is 206 g/mol. The topological polar surface area (TPSA) is 55.4 Å². The van der Waals surface area contributed by atoms with Gasteiger partial charge in [0, 0.05) is 19.0 Å². The van der Waals surface area contributed by atoms with Crippen molar-refractivity contribution in [2.45, 2.75) is 52.6 Å². The van der Waals surface area contributed by atoms with E-state index in [4.69, 9.17) is 4.74 Å². The normalized spacial score (nSPS) is 15.1. The molecule has 0 saturated heterocycles. The molecule has 0 aromatic carbocycles. The molecular formula is C12H21NO3. The maximum absolute atomic E-state index is 10.8. The van der Waals surface area contributed by atoms with Crippen LogP contribution in [0.15, 0.2) is 12.0 Å². The number of ether oxygens (including phenoxy) is 1. The van der Waals surface area contributed by atoms with Gasteiger partial charge in [-0.2, -0.15) is 0 Å². The van der Waals surface area contributed by atoms with E-state index in [0.29, 0.717) is 18.5 Å². The molecule has 0 bridgehead atoms. The van der Waals surface area contributed by atoms with Crippen molar-refractivity contribution < 1.29 is 14.3 Å². The van der Waals surface area contributed by atoms with Crippen molar-refractivity contribution in [2.75, 3.05) is 0 Å². The minimum Gasteiger partial charge on any atom is -0.493 e. The zero-order valence-corrected chi connectivity index (χ0v) is 10.5. The molecule has 4 heteroatoms. The molecule has 1 N–H and O–H groups in total. The Morgan fingerprint density at radius 3 is 2.50 bits per heavy atom. The van der Waals surface area contributed by atoms with Gasteiger partial charge in [0.15, 0.2) is 0 Å². The highest BCUT2D eigenvalue weighted by atomic mass is 16.5. The molecule has 0 aromatic heterocycles. The van der Waals surface area contributed by atoms with E-state index in [1.807, 2.05) is 13.8 Å². The van der Waals surface area contributed by atoms with Crippen LogP contribution >= 0.6 is 0 Å². The minimum atomic E-state index is -0.347. The van der Waals surface area contributed by atoms with Gasteiger partial charge in [-0.05, 0) is 26.7 Å². The quantitative estimate of drug-likeness (QED) is 0.535. The van der Waals surface area contributed by atoms with Crippen molar-refractivity contribution in [3.63, 3.8) is 0 Å². The van der Waals surface area contributed by atoms with Gasteiger partial charge < -0.3 is 14.8 Å². The molecule has 0 aliphatic carbocycles. The number of allylic oxidation sites excluding steroid dienone is 1. The van der Waals surface area contributed by atoms with Crippen LogP contribution in [0.25, 0.3) is 0 Å². The van der Waals surface area contributed by atoms with E-state index < -0.39 is 0 Å². The van der Waals surface area contributed by atoms with E-state index >= 15 is 0 Å². The summed E-state index contributed by atoms with van der Waals surface area (Å²) >= 11 is 0. The van der Waals surface area contributed by atoms with Gasteiger partial charge in [-0.3, -0.25) is 4.79 Å². The Morgan fingerprint density at radius 2 is 2.06 bits per heavy atom. The fourth-order valence-electron chi connectivity index (χ4n) is 1.22. The summed E-state index contributed by atoms with van der Waals surface area (Å²) in [6.07, 6.45) is 4.40. The predicted octanol–water partition coefficient (Wildman–Crippen LogP) is 2.15. The number of aldehydes is 1. The Hall–Kier alpha value is -1.32.